The molecular weight excluding hydrogens is 383 g/mol. The SMILES string of the molecule is Cc1ccc(P(C(=O)c2ccccc2C(C)(C)C)c2ccc(C)cc2)cc1.Cl. The second kappa shape index (κ2) is 9.03. The number of hydrogen-bond donors (Lipinski definition) is 0. The van der Waals surface area contributed by atoms with E-state index in [1.807, 2.05) is 18.2 Å². The second-order valence-corrected chi connectivity index (χ2v) is 10.2. The molecule has 0 N–H and O–H groups in total. The third kappa shape index (κ3) is 4.90. The van der Waals surface area contributed by atoms with Gasteiger partial charge in [-0.05, 0) is 35.4 Å². The molecule has 0 spiro atoms. The van der Waals surface area contributed by atoms with Crippen LogP contribution in [-0.4, -0.2) is 5.52 Å². The first-order valence-electron chi connectivity index (χ1n) is 9.35. The van der Waals surface area contributed by atoms with Crippen LogP contribution in [0.25, 0.3) is 0 Å². The molecule has 0 aromatic heterocycles. The molecule has 0 aliphatic heterocycles. The number of hydrogen-bond acceptors (Lipinski definition) is 1. The number of rotatable bonds is 4. The summed E-state index contributed by atoms with van der Waals surface area (Å²) in [7, 11) is -1.12. The molecule has 0 heterocycles. The highest BCUT2D eigenvalue weighted by Gasteiger charge is 2.28. The van der Waals surface area contributed by atoms with E-state index in [9.17, 15) is 4.79 Å². The minimum absolute atomic E-state index is 0. The fourth-order valence-electron chi connectivity index (χ4n) is 3.22. The predicted octanol–water partition coefficient (Wildman–Crippen LogP) is 6.30. The first kappa shape index (κ1) is 22.3. The normalized spacial score (nSPS) is 11.2. The van der Waals surface area contributed by atoms with Gasteiger partial charge < -0.3 is 0 Å². The summed E-state index contributed by atoms with van der Waals surface area (Å²) >= 11 is 0. The van der Waals surface area contributed by atoms with Crippen LogP contribution in [0, 0.1) is 13.8 Å². The smallest absolute Gasteiger partial charge is 0.193 e. The summed E-state index contributed by atoms with van der Waals surface area (Å²) in [4.78, 5) is 13.8. The van der Waals surface area contributed by atoms with E-state index < -0.39 is 7.92 Å². The van der Waals surface area contributed by atoms with Crippen molar-refractivity contribution >= 4 is 36.5 Å². The van der Waals surface area contributed by atoms with E-state index in [4.69, 9.17) is 0 Å². The van der Waals surface area contributed by atoms with Gasteiger partial charge in [0, 0.05) is 13.5 Å². The number of halogens is 1. The Bertz CT molecular complexity index is 892. The van der Waals surface area contributed by atoms with Gasteiger partial charge in [-0.1, -0.05) is 105 Å². The average molecular weight is 411 g/mol. The molecule has 3 aromatic rings. The van der Waals surface area contributed by atoms with Gasteiger partial charge in [-0.25, -0.2) is 0 Å². The highest BCUT2D eigenvalue weighted by Crippen LogP contribution is 2.40. The molecule has 146 valence electrons. The maximum absolute atomic E-state index is 13.8. The number of carbonyl (C=O) groups excluding carboxylic acids is 1. The van der Waals surface area contributed by atoms with Gasteiger partial charge in [-0.3, -0.25) is 4.79 Å². The van der Waals surface area contributed by atoms with E-state index in [-0.39, 0.29) is 23.3 Å². The number of carbonyl (C=O) groups is 1. The quantitative estimate of drug-likeness (QED) is 0.461. The summed E-state index contributed by atoms with van der Waals surface area (Å²) in [6.07, 6.45) is 0. The first-order valence-corrected chi connectivity index (χ1v) is 10.7. The molecular formula is C25H28ClOP. The lowest BCUT2D eigenvalue weighted by molar-refractivity contribution is 0.108. The van der Waals surface area contributed by atoms with Crippen LogP contribution in [0.2, 0.25) is 0 Å². The first-order chi connectivity index (χ1) is 12.8. The summed E-state index contributed by atoms with van der Waals surface area (Å²) in [5.41, 5.74) is 4.52. The maximum atomic E-state index is 13.8. The summed E-state index contributed by atoms with van der Waals surface area (Å²) in [5, 5.41) is 2.21. The molecule has 3 heteroatoms. The Hall–Kier alpha value is -1.95. The van der Waals surface area contributed by atoms with Crippen molar-refractivity contribution in [1.82, 2.24) is 0 Å². The van der Waals surface area contributed by atoms with Crippen LogP contribution in [0.5, 0.6) is 0 Å². The average Bonchev–Trinajstić information content (AvgIpc) is 2.64. The van der Waals surface area contributed by atoms with Crippen molar-refractivity contribution in [2.45, 2.75) is 40.0 Å². The molecule has 0 aliphatic carbocycles. The zero-order valence-electron chi connectivity index (χ0n) is 17.2. The Morgan fingerprint density at radius 1 is 0.714 bits per heavy atom. The zero-order chi connectivity index (χ0) is 19.6. The summed E-state index contributed by atoms with van der Waals surface area (Å²) in [6, 6.07) is 24.9. The van der Waals surface area contributed by atoms with Gasteiger partial charge in [0.25, 0.3) is 0 Å². The molecule has 28 heavy (non-hydrogen) atoms. The van der Waals surface area contributed by atoms with Crippen LogP contribution < -0.4 is 10.6 Å². The van der Waals surface area contributed by atoms with E-state index in [0.717, 1.165) is 21.7 Å². The van der Waals surface area contributed by atoms with Crippen molar-refractivity contribution in [2.24, 2.45) is 0 Å². The Morgan fingerprint density at radius 2 is 1.14 bits per heavy atom. The van der Waals surface area contributed by atoms with E-state index >= 15 is 0 Å². The Labute approximate surface area is 176 Å². The van der Waals surface area contributed by atoms with Gasteiger partial charge >= 0.3 is 0 Å². The third-order valence-electron chi connectivity index (χ3n) is 4.75. The molecule has 0 atom stereocenters. The third-order valence-corrected chi connectivity index (χ3v) is 7.03. The fraction of sp³-hybridized carbons (Fsp3) is 0.240. The highest BCUT2D eigenvalue weighted by atomic mass is 35.5. The molecule has 0 amide bonds. The molecule has 1 nitrogen and oxygen atoms in total. The standard InChI is InChI=1S/C25H27OP.ClH/c1-18-10-14-20(15-11-18)27(21-16-12-19(2)13-17-21)24(26)22-8-6-7-9-23(22)25(3,4)5;/h6-17H,1-5H3;1H. The van der Waals surface area contributed by atoms with Crippen LogP contribution in [0.4, 0.5) is 0 Å². The maximum Gasteiger partial charge on any atom is 0.193 e. The molecule has 0 unspecified atom stereocenters. The summed E-state index contributed by atoms with van der Waals surface area (Å²) in [6.45, 7) is 10.7. The van der Waals surface area contributed by atoms with Crippen molar-refractivity contribution in [3.8, 4) is 0 Å². The second-order valence-electron chi connectivity index (χ2n) is 8.11. The van der Waals surface area contributed by atoms with Crippen LogP contribution in [0.1, 0.15) is 47.8 Å². The fourth-order valence-corrected chi connectivity index (χ4v) is 5.31. The number of aryl methyl sites for hydroxylation is 2. The van der Waals surface area contributed by atoms with Crippen LogP contribution in [0.15, 0.2) is 72.8 Å². The Balaban J connectivity index is 0.00000280. The molecule has 3 aromatic carbocycles. The van der Waals surface area contributed by atoms with E-state index in [1.54, 1.807) is 0 Å². The van der Waals surface area contributed by atoms with Crippen molar-refractivity contribution in [2.75, 3.05) is 0 Å². The highest BCUT2D eigenvalue weighted by molar-refractivity contribution is 7.88. The summed E-state index contributed by atoms with van der Waals surface area (Å²) < 4.78 is 0. The Kier molecular flexibility index (Phi) is 7.21. The van der Waals surface area contributed by atoms with Gasteiger partial charge in [0.1, 0.15) is 0 Å². The van der Waals surface area contributed by atoms with E-state index in [1.165, 1.54) is 11.1 Å². The van der Waals surface area contributed by atoms with Gasteiger partial charge in [0.2, 0.25) is 0 Å². The summed E-state index contributed by atoms with van der Waals surface area (Å²) in [5.74, 6) is 0. The van der Waals surface area contributed by atoms with Crippen molar-refractivity contribution < 1.29 is 4.79 Å². The molecule has 0 saturated heterocycles. The molecule has 0 saturated carbocycles. The monoisotopic (exact) mass is 410 g/mol. The lowest BCUT2D eigenvalue weighted by Crippen LogP contribution is -2.22. The molecule has 3 rings (SSSR count). The van der Waals surface area contributed by atoms with Gasteiger partial charge in [-0.15, -0.1) is 12.4 Å². The zero-order valence-corrected chi connectivity index (χ0v) is 18.9. The predicted molar refractivity (Wildman–Crippen MR) is 125 cm³/mol. The van der Waals surface area contributed by atoms with E-state index in [2.05, 4.69) is 89.2 Å². The minimum Gasteiger partial charge on any atom is -0.288 e. The van der Waals surface area contributed by atoms with Gasteiger partial charge in [-0.2, -0.15) is 0 Å². The van der Waals surface area contributed by atoms with Crippen molar-refractivity contribution in [1.29, 1.82) is 0 Å². The molecule has 0 bridgehead atoms. The van der Waals surface area contributed by atoms with Crippen LogP contribution in [0.3, 0.4) is 0 Å². The minimum atomic E-state index is -1.12. The van der Waals surface area contributed by atoms with Crippen LogP contribution >= 0.6 is 20.3 Å². The Morgan fingerprint density at radius 3 is 1.57 bits per heavy atom. The molecule has 0 fully saturated rings. The van der Waals surface area contributed by atoms with Gasteiger partial charge in [0.05, 0.1) is 0 Å². The lowest BCUT2D eigenvalue weighted by atomic mass is 9.84. The van der Waals surface area contributed by atoms with Gasteiger partial charge in [0.15, 0.2) is 5.52 Å². The van der Waals surface area contributed by atoms with Crippen LogP contribution in [-0.2, 0) is 5.41 Å². The van der Waals surface area contributed by atoms with Crippen molar-refractivity contribution in [3.63, 3.8) is 0 Å². The van der Waals surface area contributed by atoms with E-state index in [0.29, 0.717) is 0 Å². The number of benzene rings is 3. The molecule has 0 radical (unpaired) electrons. The lowest BCUT2D eigenvalue weighted by Gasteiger charge is -2.25. The van der Waals surface area contributed by atoms with Crippen molar-refractivity contribution in [3.05, 3.63) is 95.1 Å². The largest absolute Gasteiger partial charge is 0.288 e. The topological polar surface area (TPSA) is 17.1 Å². The molecule has 0 aliphatic rings.